The van der Waals surface area contributed by atoms with Gasteiger partial charge >= 0.3 is 0 Å². The molecule has 5 heteroatoms. The van der Waals surface area contributed by atoms with Gasteiger partial charge in [-0.1, -0.05) is 220 Å². The van der Waals surface area contributed by atoms with E-state index in [1.807, 2.05) is 20.8 Å². The van der Waals surface area contributed by atoms with Crippen LogP contribution >= 0.6 is 0 Å². The molecule has 0 rings (SSSR count). The minimum absolute atomic E-state index is 0.00699. The summed E-state index contributed by atoms with van der Waals surface area (Å²) < 4.78 is 0. The summed E-state index contributed by atoms with van der Waals surface area (Å²) in [6.45, 7) is 62.3. The van der Waals surface area contributed by atoms with E-state index in [1.54, 1.807) is 0 Å². The summed E-state index contributed by atoms with van der Waals surface area (Å²) in [5.74, 6) is 3.50. The van der Waals surface area contributed by atoms with Gasteiger partial charge < -0.3 is 20.4 Å². The molecular weight excluding hydrogens is 885 g/mol. The van der Waals surface area contributed by atoms with Crippen molar-refractivity contribution in [1.29, 1.82) is 0 Å². The summed E-state index contributed by atoms with van der Waals surface area (Å²) >= 11 is 0. The molecule has 0 fully saturated rings. The molecule has 0 aliphatic carbocycles. The Balaban J connectivity index is -0.000000185. The lowest BCUT2D eigenvalue weighted by Gasteiger charge is -2.18. The van der Waals surface area contributed by atoms with Gasteiger partial charge in [-0.2, -0.15) is 0 Å². The van der Waals surface area contributed by atoms with E-state index in [-0.39, 0.29) is 25.7 Å². The molecule has 5 nitrogen and oxygen atoms in total. The normalized spacial score (nSPS) is 11.6. The molecular formula is C67H128O5. The second kappa shape index (κ2) is 59.3. The molecule has 0 aliphatic heterocycles. The Labute approximate surface area is 452 Å². The van der Waals surface area contributed by atoms with Gasteiger partial charge in [-0.25, -0.2) is 0 Å². The van der Waals surface area contributed by atoms with Crippen molar-refractivity contribution in [3.63, 3.8) is 0 Å². The number of hydrogen-bond acceptors (Lipinski definition) is 5. The average Bonchev–Trinajstić information content (AvgIpc) is 3.41. The van der Waals surface area contributed by atoms with E-state index >= 15 is 0 Å². The summed E-state index contributed by atoms with van der Waals surface area (Å²) in [6.07, 6.45) is 28.8. The van der Waals surface area contributed by atoms with Gasteiger partial charge in [0.05, 0.1) is 12.7 Å². The smallest absolute Gasteiger partial charge is 0.132 e. The largest absolute Gasteiger partial charge is 0.396 e. The first kappa shape index (κ1) is 80.8. The Morgan fingerprint density at radius 1 is 0.333 bits per heavy atom. The molecule has 3 unspecified atom stereocenters. The molecule has 0 bridgehead atoms. The summed E-state index contributed by atoms with van der Waals surface area (Å²) in [5.41, 5.74) is 10.5. The average molecular weight is 1010 g/mol. The van der Waals surface area contributed by atoms with E-state index in [2.05, 4.69) is 129 Å². The highest BCUT2D eigenvalue weighted by molar-refractivity contribution is 5.78. The molecule has 0 saturated heterocycles. The van der Waals surface area contributed by atoms with Crippen LogP contribution in [0.15, 0.2) is 97.2 Å². The molecule has 0 aromatic carbocycles. The molecule has 0 spiro atoms. The Hall–Kier alpha value is -2.57. The van der Waals surface area contributed by atoms with Gasteiger partial charge in [0.1, 0.15) is 5.78 Å². The minimum Gasteiger partial charge on any atom is -0.396 e. The van der Waals surface area contributed by atoms with Gasteiger partial charge in [-0.05, 0) is 159 Å². The molecule has 0 aliphatic rings. The predicted molar refractivity (Wildman–Crippen MR) is 327 cm³/mol. The van der Waals surface area contributed by atoms with Crippen LogP contribution in [0.1, 0.15) is 270 Å². The number of carbonyl (C=O) groups is 1. The topological polar surface area (TPSA) is 98.0 Å². The number of aliphatic hydroxyl groups excluding tert-OH is 4. The Morgan fingerprint density at radius 3 is 0.903 bits per heavy atom. The number of allylic oxidation sites excluding steroid dienone is 8. The van der Waals surface area contributed by atoms with Crippen LogP contribution in [-0.4, -0.2) is 52.1 Å². The van der Waals surface area contributed by atoms with Crippen LogP contribution < -0.4 is 0 Å². The monoisotopic (exact) mass is 1010 g/mol. The third-order valence-corrected chi connectivity index (χ3v) is 14.3. The van der Waals surface area contributed by atoms with E-state index < -0.39 is 6.10 Å². The Bertz CT molecular complexity index is 1270. The fourth-order valence-electron chi connectivity index (χ4n) is 6.91. The summed E-state index contributed by atoms with van der Waals surface area (Å²) in [6, 6.07) is 0. The van der Waals surface area contributed by atoms with Crippen molar-refractivity contribution >= 4 is 5.78 Å². The molecule has 0 amide bonds. The number of Topliss-reactive ketones (excluding diaryl/α,β-unsaturated/α-hetero) is 1. The lowest BCUT2D eigenvalue weighted by atomic mass is 9.87. The standard InChI is InChI=1S/C18H32.C13H24O.2C10H20.2C8H16O2/c1-7-15(4)10-12-18(14-17(6)9-3)13-11-16(5)8-2;1-5-11(4)8-9-12(6-2)10-13(14)7-3;1-5-9(3)7-8-10(4)6-2;1-5-9(4)8-10(6-2)7-3;1-3-7(2)4-8(5-9)6-10;1-3-7(2)4-5-8(10)6-9/h18H,4-14H2,1-3H3;12H,4-10H2,1-3H3;10H,3,5-8H2,1-2,4H3;10H,4-8H2,1-3H3;2*8-10H,2-6H2,1H3. The first-order valence-electron chi connectivity index (χ1n) is 29.4. The molecule has 0 aromatic rings. The van der Waals surface area contributed by atoms with Crippen LogP contribution in [0.3, 0.4) is 0 Å². The van der Waals surface area contributed by atoms with Crippen LogP contribution in [0.4, 0.5) is 0 Å². The molecule has 0 heterocycles. The van der Waals surface area contributed by atoms with Crippen molar-refractivity contribution in [2.45, 2.75) is 276 Å². The molecule has 0 aromatic heterocycles. The zero-order valence-electron chi connectivity index (χ0n) is 51.0. The van der Waals surface area contributed by atoms with Gasteiger partial charge in [0.2, 0.25) is 0 Å². The maximum atomic E-state index is 11.3. The van der Waals surface area contributed by atoms with Crippen molar-refractivity contribution in [3.05, 3.63) is 97.2 Å². The molecule has 72 heavy (non-hydrogen) atoms. The highest BCUT2D eigenvalue weighted by atomic mass is 16.3. The molecule has 426 valence electrons. The third kappa shape index (κ3) is 60.0. The predicted octanol–water partition coefficient (Wildman–Crippen LogP) is 20.2. The van der Waals surface area contributed by atoms with E-state index in [0.717, 1.165) is 119 Å². The molecule has 4 N–H and O–H groups in total. The number of carbonyl (C=O) groups excluding carboxylic acids is 1. The van der Waals surface area contributed by atoms with E-state index in [9.17, 15) is 4.79 Å². The molecule has 3 atom stereocenters. The SMILES string of the molecule is C=C(CC)CC(CC)CC.C=C(CC)CC(CO)CO.C=C(CC)CCC(C)CC.C=C(CC)CCC(CC)CC(=O)CC.C=C(CC)CCC(CCC(=C)CC)CC(=C)CC.C=C(CC)CCC(O)CO. The fourth-order valence-corrected chi connectivity index (χ4v) is 6.91. The minimum atomic E-state index is -0.566. The van der Waals surface area contributed by atoms with Crippen LogP contribution in [0.25, 0.3) is 0 Å². The highest BCUT2D eigenvalue weighted by Gasteiger charge is 2.12. The van der Waals surface area contributed by atoms with E-state index in [1.165, 1.54) is 104 Å². The van der Waals surface area contributed by atoms with Crippen LogP contribution in [0.2, 0.25) is 0 Å². The van der Waals surface area contributed by atoms with Gasteiger partial charge in [0, 0.05) is 32.0 Å². The molecule has 0 radical (unpaired) electrons. The Kier molecular flexibility index (Phi) is 66.6. The highest BCUT2D eigenvalue weighted by Crippen LogP contribution is 2.27. The van der Waals surface area contributed by atoms with Crippen molar-refractivity contribution < 1.29 is 25.2 Å². The second-order valence-corrected chi connectivity index (χ2v) is 20.6. The number of rotatable bonds is 39. The van der Waals surface area contributed by atoms with Gasteiger partial charge in [0.15, 0.2) is 0 Å². The van der Waals surface area contributed by atoms with Crippen LogP contribution in [-0.2, 0) is 4.79 Å². The lowest BCUT2D eigenvalue weighted by Crippen LogP contribution is -2.11. The summed E-state index contributed by atoms with van der Waals surface area (Å²) in [7, 11) is 0. The van der Waals surface area contributed by atoms with E-state index in [4.69, 9.17) is 20.4 Å². The van der Waals surface area contributed by atoms with Gasteiger partial charge in [-0.15, -0.1) is 0 Å². The fraction of sp³-hybridized carbons (Fsp3) is 0.746. The van der Waals surface area contributed by atoms with Crippen LogP contribution in [0.5, 0.6) is 0 Å². The van der Waals surface area contributed by atoms with Gasteiger partial charge in [0.25, 0.3) is 0 Å². The summed E-state index contributed by atoms with van der Waals surface area (Å²) in [4.78, 5) is 11.3. The van der Waals surface area contributed by atoms with Crippen molar-refractivity contribution in [3.8, 4) is 0 Å². The van der Waals surface area contributed by atoms with E-state index in [0.29, 0.717) is 24.5 Å². The number of aliphatic hydroxyl groups is 4. The van der Waals surface area contributed by atoms with Crippen molar-refractivity contribution in [1.82, 2.24) is 0 Å². The Morgan fingerprint density at radius 2 is 0.625 bits per heavy atom. The maximum absolute atomic E-state index is 11.3. The quantitative estimate of drug-likeness (QED) is 0.0460. The van der Waals surface area contributed by atoms with Crippen LogP contribution in [0, 0.1) is 29.6 Å². The number of ketones is 1. The van der Waals surface area contributed by atoms with Gasteiger partial charge in [-0.3, -0.25) is 4.79 Å². The van der Waals surface area contributed by atoms with Crippen molar-refractivity contribution in [2.24, 2.45) is 29.6 Å². The lowest BCUT2D eigenvalue weighted by molar-refractivity contribution is -0.119. The maximum Gasteiger partial charge on any atom is 0.132 e. The molecule has 0 saturated carbocycles. The number of hydrogen-bond donors (Lipinski definition) is 4. The third-order valence-electron chi connectivity index (χ3n) is 14.3. The second-order valence-electron chi connectivity index (χ2n) is 20.6. The first-order valence-corrected chi connectivity index (χ1v) is 29.4. The first-order chi connectivity index (χ1) is 34.0. The summed E-state index contributed by atoms with van der Waals surface area (Å²) in [5, 5.41) is 34.7. The van der Waals surface area contributed by atoms with Crippen molar-refractivity contribution in [2.75, 3.05) is 19.8 Å². The zero-order valence-corrected chi connectivity index (χ0v) is 51.0. The zero-order chi connectivity index (χ0) is 56.9.